The Morgan fingerprint density at radius 1 is 1.27 bits per heavy atom. The Morgan fingerprint density at radius 2 is 2.00 bits per heavy atom. The number of hydrogen-bond donors (Lipinski definition) is 0. The summed E-state index contributed by atoms with van der Waals surface area (Å²) in [5.74, 6) is 3.29. The van der Waals surface area contributed by atoms with Gasteiger partial charge in [-0.05, 0) is 25.0 Å². The van der Waals surface area contributed by atoms with Crippen LogP contribution in [0.15, 0.2) is 35.1 Å². The van der Waals surface area contributed by atoms with E-state index in [1.807, 2.05) is 44.2 Å². The van der Waals surface area contributed by atoms with Crippen LogP contribution in [0.3, 0.4) is 0 Å². The summed E-state index contributed by atoms with van der Waals surface area (Å²) in [7, 11) is 0. The molecule has 110 valence electrons. The summed E-state index contributed by atoms with van der Waals surface area (Å²) in [5, 5.41) is 0.703. The van der Waals surface area contributed by atoms with Crippen molar-refractivity contribution in [2.75, 3.05) is 0 Å². The van der Waals surface area contributed by atoms with Gasteiger partial charge in [-0.25, -0.2) is 4.98 Å². The predicted molar refractivity (Wildman–Crippen MR) is 91.4 cm³/mol. The molecule has 0 spiro atoms. The zero-order valence-corrected chi connectivity index (χ0v) is 13.4. The molecule has 3 nitrogen and oxygen atoms in total. The van der Waals surface area contributed by atoms with E-state index in [9.17, 15) is 4.79 Å². The Bertz CT molecular complexity index is 930. The maximum absolute atomic E-state index is 12.8. The molecule has 0 amide bonds. The molecule has 1 aromatic carbocycles. The van der Waals surface area contributed by atoms with Gasteiger partial charge in [0.05, 0.1) is 11.9 Å². The highest BCUT2D eigenvalue weighted by Gasteiger charge is 2.16. The summed E-state index contributed by atoms with van der Waals surface area (Å²) >= 11 is 1.57. The fourth-order valence-electron chi connectivity index (χ4n) is 2.54. The van der Waals surface area contributed by atoms with Gasteiger partial charge in [0.15, 0.2) is 0 Å². The first kappa shape index (κ1) is 14.6. The Balaban J connectivity index is 2.22. The van der Waals surface area contributed by atoms with Crippen LogP contribution in [0.5, 0.6) is 0 Å². The van der Waals surface area contributed by atoms with Gasteiger partial charge in [0, 0.05) is 11.3 Å². The zero-order valence-electron chi connectivity index (χ0n) is 12.6. The first-order valence-electron chi connectivity index (χ1n) is 7.08. The number of thiophene rings is 1. The van der Waals surface area contributed by atoms with Crippen LogP contribution in [0.2, 0.25) is 0 Å². The SMILES string of the molecule is C#CCn1c(Cc2ccccc2)nc2sc(C)c(C)c2c1=O. The molecular weight excluding hydrogens is 292 g/mol. The highest BCUT2D eigenvalue weighted by Crippen LogP contribution is 2.26. The molecule has 0 fully saturated rings. The number of aryl methyl sites for hydroxylation is 2. The van der Waals surface area contributed by atoms with E-state index in [1.165, 1.54) is 0 Å². The fourth-order valence-corrected chi connectivity index (χ4v) is 3.58. The van der Waals surface area contributed by atoms with Gasteiger partial charge in [-0.1, -0.05) is 36.3 Å². The number of benzene rings is 1. The van der Waals surface area contributed by atoms with E-state index in [2.05, 4.69) is 5.92 Å². The van der Waals surface area contributed by atoms with Crippen molar-refractivity contribution in [2.45, 2.75) is 26.8 Å². The lowest BCUT2D eigenvalue weighted by molar-refractivity contribution is 0.720. The molecule has 0 bridgehead atoms. The van der Waals surface area contributed by atoms with Crippen LogP contribution in [0.1, 0.15) is 21.8 Å². The largest absolute Gasteiger partial charge is 0.284 e. The van der Waals surface area contributed by atoms with Crippen molar-refractivity contribution >= 4 is 21.6 Å². The fraction of sp³-hybridized carbons (Fsp3) is 0.222. The Labute approximate surface area is 133 Å². The van der Waals surface area contributed by atoms with Crippen LogP contribution in [-0.2, 0) is 13.0 Å². The van der Waals surface area contributed by atoms with Crippen LogP contribution in [0.25, 0.3) is 10.2 Å². The molecule has 3 rings (SSSR count). The molecule has 4 heteroatoms. The van der Waals surface area contributed by atoms with Gasteiger partial charge in [-0.3, -0.25) is 9.36 Å². The molecular formula is C18H16N2OS. The zero-order chi connectivity index (χ0) is 15.7. The number of terminal acetylenes is 1. The number of nitrogens with zero attached hydrogens (tertiary/aromatic N) is 2. The summed E-state index contributed by atoms with van der Waals surface area (Å²) in [4.78, 5) is 19.4. The minimum Gasteiger partial charge on any atom is -0.284 e. The van der Waals surface area contributed by atoms with E-state index in [1.54, 1.807) is 15.9 Å². The molecule has 22 heavy (non-hydrogen) atoms. The standard InChI is InChI=1S/C18H16N2OS/c1-4-10-20-15(11-14-8-6-5-7-9-14)19-17-16(18(20)21)12(2)13(3)22-17/h1,5-9H,10-11H2,2-3H3. The number of fused-ring (bicyclic) bond motifs is 1. The van der Waals surface area contributed by atoms with Crippen LogP contribution >= 0.6 is 11.3 Å². The van der Waals surface area contributed by atoms with Gasteiger partial charge in [0.2, 0.25) is 0 Å². The van der Waals surface area contributed by atoms with E-state index in [-0.39, 0.29) is 12.1 Å². The lowest BCUT2D eigenvalue weighted by Crippen LogP contribution is -2.25. The predicted octanol–water partition coefficient (Wildman–Crippen LogP) is 3.30. The molecule has 0 aliphatic rings. The maximum atomic E-state index is 12.8. The third kappa shape index (κ3) is 2.44. The third-order valence-electron chi connectivity index (χ3n) is 3.82. The molecule has 2 aromatic heterocycles. The van der Waals surface area contributed by atoms with E-state index >= 15 is 0 Å². The van der Waals surface area contributed by atoms with Crippen LogP contribution in [-0.4, -0.2) is 9.55 Å². The first-order valence-corrected chi connectivity index (χ1v) is 7.90. The molecule has 0 aliphatic heterocycles. The quantitative estimate of drug-likeness (QED) is 0.696. The summed E-state index contributed by atoms with van der Waals surface area (Å²) in [6, 6.07) is 10.00. The van der Waals surface area contributed by atoms with Crippen molar-refractivity contribution in [2.24, 2.45) is 0 Å². The minimum atomic E-state index is -0.0317. The van der Waals surface area contributed by atoms with Crippen LogP contribution < -0.4 is 5.56 Å². The molecule has 0 aliphatic carbocycles. The summed E-state index contributed by atoms with van der Waals surface area (Å²) in [5.41, 5.74) is 2.09. The highest BCUT2D eigenvalue weighted by molar-refractivity contribution is 7.18. The molecule has 0 atom stereocenters. The average Bonchev–Trinajstić information content (AvgIpc) is 2.79. The van der Waals surface area contributed by atoms with E-state index in [0.717, 1.165) is 26.7 Å². The Hall–Kier alpha value is -2.38. The summed E-state index contributed by atoms with van der Waals surface area (Å²) in [6.45, 7) is 4.23. The topological polar surface area (TPSA) is 34.9 Å². The molecule has 3 aromatic rings. The van der Waals surface area contributed by atoms with Crippen molar-refractivity contribution in [1.82, 2.24) is 9.55 Å². The third-order valence-corrected chi connectivity index (χ3v) is 4.92. The van der Waals surface area contributed by atoms with E-state index in [4.69, 9.17) is 11.4 Å². The van der Waals surface area contributed by atoms with Gasteiger partial charge in [0.25, 0.3) is 5.56 Å². The monoisotopic (exact) mass is 308 g/mol. The second kappa shape index (κ2) is 5.78. The summed E-state index contributed by atoms with van der Waals surface area (Å²) in [6.07, 6.45) is 6.05. The normalized spacial score (nSPS) is 10.8. The molecule has 0 saturated carbocycles. The lowest BCUT2D eigenvalue weighted by atomic mass is 10.1. The van der Waals surface area contributed by atoms with Crippen molar-refractivity contribution in [3.05, 3.63) is 62.5 Å². The van der Waals surface area contributed by atoms with Crippen molar-refractivity contribution in [3.8, 4) is 12.3 Å². The molecule has 2 heterocycles. The van der Waals surface area contributed by atoms with E-state index < -0.39 is 0 Å². The van der Waals surface area contributed by atoms with E-state index in [0.29, 0.717) is 11.8 Å². The highest BCUT2D eigenvalue weighted by atomic mass is 32.1. The lowest BCUT2D eigenvalue weighted by Gasteiger charge is -2.10. The van der Waals surface area contributed by atoms with Gasteiger partial charge < -0.3 is 0 Å². The van der Waals surface area contributed by atoms with Crippen LogP contribution in [0, 0.1) is 26.2 Å². The number of aromatic nitrogens is 2. The van der Waals surface area contributed by atoms with Crippen LogP contribution in [0.4, 0.5) is 0 Å². The second-order valence-corrected chi connectivity index (χ2v) is 6.45. The Morgan fingerprint density at radius 3 is 2.68 bits per heavy atom. The Kier molecular flexibility index (Phi) is 3.82. The molecule has 0 radical (unpaired) electrons. The van der Waals surface area contributed by atoms with Gasteiger partial charge in [0.1, 0.15) is 10.7 Å². The smallest absolute Gasteiger partial charge is 0.263 e. The maximum Gasteiger partial charge on any atom is 0.263 e. The first-order chi connectivity index (χ1) is 10.6. The molecule has 0 N–H and O–H groups in total. The molecule has 0 saturated heterocycles. The summed E-state index contributed by atoms with van der Waals surface area (Å²) < 4.78 is 1.62. The second-order valence-electron chi connectivity index (χ2n) is 5.25. The van der Waals surface area contributed by atoms with Gasteiger partial charge in [-0.15, -0.1) is 17.8 Å². The average molecular weight is 308 g/mol. The van der Waals surface area contributed by atoms with Crippen molar-refractivity contribution in [1.29, 1.82) is 0 Å². The number of rotatable bonds is 3. The van der Waals surface area contributed by atoms with Crippen molar-refractivity contribution < 1.29 is 0 Å². The van der Waals surface area contributed by atoms with Gasteiger partial charge >= 0.3 is 0 Å². The molecule has 0 unspecified atom stereocenters. The van der Waals surface area contributed by atoms with Gasteiger partial charge in [-0.2, -0.15) is 0 Å². The number of hydrogen-bond acceptors (Lipinski definition) is 3. The minimum absolute atomic E-state index is 0.0317. The van der Waals surface area contributed by atoms with Crippen molar-refractivity contribution in [3.63, 3.8) is 0 Å².